The van der Waals surface area contributed by atoms with E-state index < -0.39 is 22.9 Å². The van der Waals surface area contributed by atoms with Crippen molar-refractivity contribution in [1.29, 1.82) is 0 Å². The highest BCUT2D eigenvalue weighted by atomic mass is 35.5. The Bertz CT molecular complexity index is 1400. The summed E-state index contributed by atoms with van der Waals surface area (Å²) in [5.41, 5.74) is 1.04. The molecule has 198 valence electrons. The highest BCUT2D eigenvalue weighted by Gasteiger charge is 2.31. The van der Waals surface area contributed by atoms with Crippen molar-refractivity contribution in [1.82, 2.24) is 14.8 Å². The summed E-state index contributed by atoms with van der Waals surface area (Å²) in [7, 11) is 0. The molecular weight excluding hydrogens is 553 g/mol. The number of alkyl halides is 3. The molecule has 0 radical (unpaired) electrons. The van der Waals surface area contributed by atoms with Gasteiger partial charge < -0.3 is 5.32 Å². The molecule has 11 heteroatoms. The number of halogens is 4. The fraction of sp³-hybridized carbons (Fsp3) is 0.222. The lowest BCUT2D eigenvalue weighted by Gasteiger charge is -2.17. The summed E-state index contributed by atoms with van der Waals surface area (Å²) in [5.74, 6) is 0.784. The molecule has 38 heavy (non-hydrogen) atoms. The molecule has 0 aliphatic heterocycles. The first-order valence-corrected chi connectivity index (χ1v) is 13.9. The predicted octanol–water partition coefficient (Wildman–Crippen LogP) is 8.05. The molecule has 0 spiro atoms. The van der Waals surface area contributed by atoms with E-state index in [1.165, 1.54) is 17.3 Å². The number of para-hydroxylation sites is 1. The number of aromatic nitrogens is 3. The molecule has 0 saturated heterocycles. The number of aryl methyl sites for hydroxylation is 1. The molecular formula is C27H24ClF3N4OS2. The molecule has 1 unspecified atom stereocenters. The maximum Gasteiger partial charge on any atom is 0.416 e. The van der Waals surface area contributed by atoms with Gasteiger partial charge in [-0.25, -0.2) is 0 Å². The molecule has 0 aliphatic rings. The summed E-state index contributed by atoms with van der Waals surface area (Å²) in [6, 6.07) is 20.6. The van der Waals surface area contributed by atoms with Crippen molar-refractivity contribution >= 4 is 46.7 Å². The van der Waals surface area contributed by atoms with Crippen LogP contribution in [0.25, 0.3) is 5.69 Å². The SMILES string of the molecule is CCC(Sc1nnc(CSc2ccc(C)cc2)n1-c1ccccc1)C(=O)Nc1cc(C(F)(F)F)ccc1Cl. The van der Waals surface area contributed by atoms with E-state index in [0.29, 0.717) is 23.2 Å². The Labute approximate surface area is 232 Å². The van der Waals surface area contributed by atoms with E-state index in [9.17, 15) is 18.0 Å². The number of nitrogens with one attached hydrogen (secondary N) is 1. The van der Waals surface area contributed by atoms with Crippen LogP contribution in [0, 0.1) is 6.92 Å². The third kappa shape index (κ3) is 6.92. The van der Waals surface area contributed by atoms with Crippen molar-refractivity contribution in [3.8, 4) is 5.69 Å². The molecule has 1 atom stereocenters. The molecule has 0 bridgehead atoms. The van der Waals surface area contributed by atoms with E-state index in [1.807, 2.05) is 60.9 Å². The Morgan fingerprint density at radius 1 is 1.05 bits per heavy atom. The van der Waals surface area contributed by atoms with Crippen LogP contribution in [0.3, 0.4) is 0 Å². The molecule has 4 rings (SSSR count). The first-order chi connectivity index (χ1) is 18.2. The number of carbonyl (C=O) groups excluding carboxylic acids is 1. The van der Waals surface area contributed by atoms with Crippen molar-refractivity contribution in [2.24, 2.45) is 0 Å². The van der Waals surface area contributed by atoms with Crippen LogP contribution in [0.15, 0.2) is 82.8 Å². The number of hydrogen-bond acceptors (Lipinski definition) is 5. The second kappa shape index (κ2) is 12.3. The molecule has 0 saturated carbocycles. The van der Waals surface area contributed by atoms with Crippen LogP contribution in [0.2, 0.25) is 5.02 Å². The lowest BCUT2D eigenvalue weighted by molar-refractivity contribution is -0.137. The highest BCUT2D eigenvalue weighted by molar-refractivity contribution is 8.00. The Kier molecular flexibility index (Phi) is 9.07. The lowest BCUT2D eigenvalue weighted by atomic mass is 10.2. The Hall–Kier alpha value is -2.95. The van der Waals surface area contributed by atoms with Gasteiger partial charge in [-0.05, 0) is 55.8 Å². The van der Waals surface area contributed by atoms with Crippen LogP contribution in [-0.4, -0.2) is 25.9 Å². The molecule has 3 aromatic carbocycles. The van der Waals surface area contributed by atoms with Crippen LogP contribution >= 0.6 is 35.1 Å². The summed E-state index contributed by atoms with van der Waals surface area (Å²) >= 11 is 8.91. The van der Waals surface area contributed by atoms with Crippen molar-refractivity contribution in [3.05, 3.63) is 94.8 Å². The van der Waals surface area contributed by atoms with Gasteiger partial charge in [-0.15, -0.1) is 22.0 Å². The normalized spacial score (nSPS) is 12.4. The maximum absolute atomic E-state index is 13.2. The van der Waals surface area contributed by atoms with Crippen LogP contribution in [0.4, 0.5) is 18.9 Å². The molecule has 1 heterocycles. The van der Waals surface area contributed by atoms with Crippen LogP contribution in [0.5, 0.6) is 0 Å². The zero-order chi connectivity index (χ0) is 27.3. The van der Waals surface area contributed by atoms with Gasteiger partial charge in [-0.3, -0.25) is 9.36 Å². The van der Waals surface area contributed by atoms with E-state index in [2.05, 4.69) is 27.6 Å². The second-order valence-corrected chi connectivity index (χ2v) is 11.0. The van der Waals surface area contributed by atoms with Crippen molar-refractivity contribution in [2.45, 2.75) is 47.5 Å². The van der Waals surface area contributed by atoms with Gasteiger partial charge in [0.05, 0.1) is 27.3 Å². The van der Waals surface area contributed by atoms with Gasteiger partial charge in [0.25, 0.3) is 0 Å². The first-order valence-electron chi connectivity index (χ1n) is 11.7. The van der Waals surface area contributed by atoms with Crippen molar-refractivity contribution in [2.75, 3.05) is 5.32 Å². The average molecular weight is 577 g/mol. The number of rotatable bonds is 9. The maximum atomic E-state index is 13.2. The standard InChI is InChI=1S/C27H24ClF3N4OS2/c1-3-23(25(36)32-22-15-18(27(29,30)31)11-14-21(22)28)38-26-34-33-24(35(26)19-7-5-4-6-8-19)16-37-20-12-9-17(2)10-13-20/h4-15,23H,3,16H2,1-2H3,(H,32,36). The number of hydrogen-bond donors (Lipinski definition) is 1. The average Bonchev–Trinajstić information content (AvgIpc) is 3.30. The van der Waals surface area contributed by atoms with Gasteiger partial charge in [-0.1, -0.05) is 66.2 Å². The van der Waals surface area contributed by atoms with Gasteiger partial charge in [0.2, 0.25) is 5.91 Å². The van der Waals surface area contributed by atoms with Crippen LogP contribution in [-0.2, 0) is 16.7 Å². The number of carbonyl (C=O) groups is 1. The monoisotopic (exact) mass is 576 g/mol. The summed E-state index contributed by atoms with van der Waals surface area (Å²) < 4.78 is 41.4. The summed E-state index contributed by atoms with van der Waals surface area (Å²) in [5, 5.41) is 11.2. The third-order valence-electron chi connectivity index (χ3n) is 5.57. The molecule has 1 aromatic heterocycles. The van der Waals surface area contributed by atoms with Crippen LogP contribution in [0.1, 0.15) is 30.3 Å². The fourth-order valence-electron chi connectivity index (χ4n) is 3.55. The number of benzene rings is 3. The molecule has 1 amide bonds. The Morgan fingerprint density at radius 3 is 2.42 bits per heavy atom. The van der Waals surface area contributed by atoms with Crippen molar-refractivity contribution in [3.63, 3.8) is 0 Å². The second-order valence-electron chi connectivity index (χ2n) is 8.37. The fourth-order valence-corrected chi connectivity index (χ4v) is 5.52. The minimum atomic E-state index is -4.55. The Balaban J connectivity index is 1.57. The molecule has 4 aromatic rings. The topological polar surface area (TPSA) is 59.8 Å². The van der Waals surface area contributed by atoms with Gasteiger partial charge >= 0.3 is 6.18 Å². The third-order valence-corrected chi connectivity index (χ3v) is 8.21. The van der Waals surface area contributed by atoms with E-state index in [1.54, 1.807) is 11.8 Å². The summed E-state index contributed by atoms with van der Waals surface area (Å²) in [6.45, 7) is 3.85. The minimum Gasteiger partial charge on any atom is -0.324 e. The molecule has 1 N–H and O–H groups in total. The number of anilines is 1. The summed E-state index contributed by atoms with van der Waals surface area (Å²) in [4.78, 5) is 14.2. The first kappa shape index (κ1) is 28.1. The zero-order valence-electron chi connectivity index (χ0n) is 20.5. The quantitative estimate of drug-likeness (QED) is 0.204. The number of nitrogens with zero attached hydrogens (tertiary/aromatic N) is 3. The van der Waals surface area contributed by atoms with E-state index >= 15 is 0 Å². The molecule has 5 nitrogen and oxygen atoms in total. The van der Waals surface area contributed by atoms with Crippen LogP contribution < -0.4 is 5.32 Å². The minimum absolute atomic E-state index is 0.0223. The Morgan fingerprint density at radius 2 is 1.76 bits per heavy atom. The summed E-state index contributed by atoms with van der Waals surface area (Å²) in [6.07, 6.45) is -4.15. The van der Waals surface area contributed by atoms with Gasteiger partial charge in [0.1, 0.15) is 5.82 Å². The van der Waals surface area contributed by atoms with Gasteiger partial charge in [0, 0.05) is 10.6 Å². The van der Waals surface area contributed by atoms with E-state index in [0.717, 1.165) is 28.8 Å². The smallest absolute Gasteiger partial charge is 0.324 e. The van der Waals surface area contributed by atoms with Gasteiger partial charge in [-0.2, -0.15) is 13.2 Å². The largest absolute Gasteiger partial charge is 0.416 e. The predicted molar refractivity (Wildman–Crippen MR) is 147 cm³/mol. The number of amides is 1. The number of thioether (sulfide) groups is 2. The van der Waals surface area contributed by atoms with Crippen molar-refractivity contribution < 1.29 is 18.0 Å². The highest BCUT2D eigenvalue weighted by Crippen LogP contribution is 2.35. The van der Waals surface area contributed by atoms with E-state index in [-0.39, 0.29) is 10.7 Å². The van der Waals surface area contributed by atoms with Gasteiger partial charge in [0.15, 0.2) is 5.16 Å². The van der Waals surface area contributed by atoms with E-state index in [4.69, 9.17) is 11.6 Å². The molecule has 0 fully saturated rings. The molecule has 0 aliphatic carbocycles. The zero-order valence-corrected chi connectivity index (χ0v) is 22.9. The lowest BCUT2D eigenvalue weighted by Crippen LogP contribution is -2.25.